The summed E-state index contributed by atoms with van der Waals surface area (Å²) in [4.78, 5) is 6.04. The van der Waals surface area contributed by atoms with Crippen molar-refractivity contribution in [1.82, 2.24) is 5.06 Å². The van der Waals surface area contributed by atoms with E-state index in [-0.39, 0.29) is 17.3 Å². The van der Waals surface area contributed by atoms with Crippen LogP contribution >= 0.6 is 0 Å². The van der Waals surface area contributed by atoms with Crippen LogP contribution in [0.1, 0.15) is 67.9 Å². The zero-order chi connectivity index (χ0) is 30.4. The molecule has 230 valence electrons. The van der Waals surface area contributed by atoms with Crippen molar-refractivity contribution in [3.05, 3.63) is 64.1 Å². The minimum atomic E-state index is -0.341. The maximum atomic E-state index is 15.1. The number of hydroxylamine groups is 2. The molecule has 0 saturated carbocycles. The molecule has 9 heteroatoms. The second kappa shape index (κ2) is 14.0. The average molecular weight is 585 g/mol. The van der Waals surface area contributed by atoms with E-state index in [4.69, 9.17) is 29.2 Å². The number of hydrogen-bond donors (Lipinski definition) is 1. The van der Waals surface area contributed by atoms with E-state index < -0.39 is 0 Å². The van der Waals surface area contributed by atoms with Crippen molar-refractivity contribution in [2.45, 2.75) is 52.1 Å². The maximum Gasteiger partial charge on any atom is 0.126 e. The normalized spacial score (nSPS) is 20.3. The second-order valence-corrected chi connectivity index (χ2v) is 11.7. The van der Waals surface area contributed by atoms with E-state index in [9.17, 15) is 0 Å². The molecule has 2 heterocycles. The van der Waals surface area contributed by atoms with E-state index in [0.717, 1.165) is 47.4 Å². The van der Waals surface area contributed by atoms with E-state index in [1.54, 1.807) is 39.4 Å². The molecule has 2 aliphatic heterocycles. The summed E-state index contributed by atoms with van der Waals surface area (Å²) < 4.78 is 42.2. The van der Waals surface area contributed by atoms with Crippen LogP contribution < -0.4 is 9.47 Å². The first-order valence-corrected chi connectivity index (χ1v) is 14.5. The van der Waals surface area contributed by atoms with Gasteiger partial charge in [-0.3, -0.25) is 9.90 Å². The number of benzene rings is 2. The average Bonchev–Trinajstić information content (AvgIpc) is 3.53. The van der Waals surface area contributed by atoms with Crippen molar-refractivity contribution in [2.24, 2.45) is 5.41 Å². The molecular weight excluding hydrogens is 539 g/mol. The Labute approximate surface area is 249 Å². The number of hydrogen-bond acceptors (Lipinski definition) is 8. The topological polar surface area (TPSA) is 82.5 Å². The fraction of sp³-hybridized carbons (Fsp3) is 0.545. The Hall–Kier alpha value is -2.98. The number of fused-ring (bicyclic) bond motifs is 2. The number of rotatable bonds is 11. The van der Waals surface area contributed by atoms with Crippen molar-refractivity contribution in [2.75, 3.05) is 61.4 Å². The van der Waals surface area contributed by atoms with E-state index in [0.29, 0.717) is 56.0 Å². The molecule has 42 heavy (non-hydrogen) atoms. The first kappa shape index (κ1) is 31.9. The van der Waals surface area contributed by atoms with E-state index in [2.05, 4.69) is 17.7 Å². The van der Waals surface area contributed by atoms with Crippen LogP contribution in [0, 0.1) is 16.6 Å². The third-order valence-electron chi connectivity index (χ3n) is 8.05. The van der Waals surface area contributed by atoms with Crippen LogP contribution in [-0.4, -0.2) is 72.2 Å². The fourth-order valence-corrected chi connectivity index (χ4v) is 5.70. The highest BCUT2D eigenvalue weighted by Crippen LogP contribution is 2.43. The number of nitrogens with zero attached hydrogens (tertiary/aromatic N) is 1. The predicted octanol–water partition coefficient (Wildman–Crippen LogP) is 6.34. The quantitative estimate of drug-likeness (QED) is 0.244. The molecule has 3 aliphatic rings. The van der Waals surface area contributed by atoms with Crippen molar-refractivity contribution < 1.29 is 32.9 Å². The van der Waals surface area contributed by atoms with Crippen molar-refractivity contribution >= 4 is 11.3 Å². The molecule has 0 spiro atoms. The highest BCUT2D eigenvalue weighted by atomic mass is 19.1. The summed E-state index contributed by atoms with van der Waals surface area (Å²) in [5, 5.41) is 10.3. The molecule has 2 aromatic carbocycles. The van der Waals surface area contributed by atoms with E-state index in [1.165, 1.54) is 11.6 Å². The smallest absolute Gasteiger partial charge is 0.126 e. The van der Waals surface area contributed by atoms with E-state index in [1.807, 2.05) is 26.1 Å². The van der Waals surface area contributed by atoms with Crippen LogP contribution in [0.4, 0.5) is 4.39 Å². The third-order valence-corrected chi connectivity index (χ3v) is 8.05. The zero-order valence-corrected chi connectivity index (χ0v) is 26.0. The van der Waals surface area contributed by atoms with Gasteiger partial charge in [-0.05, 0) is 68.0 Å². The molecule has 1 saturated heterocycles. The standard InChI is InChI=1S/C31H39FN2O5.C2H6O/c1-19(33)30(20(2)34(4)38-18-31(3)16-36-17-31)27-13-22(32)12-26-25(27)8-9-28(26)39-23-6-7-24-21(10-11-35-5)15-37-29(24)14-23;1-3-2/h6-7,12-14,21,28,33H,8-11,15-18H2,1-5H3;1-2H3/b30-20+,33-19?;/t21-,28-;/m1./s1. The summed E-state index contributed by atoms with van der Waals surface area (Å²) in [7, 11) is 6.80. The minimum Gasteiger partial charge on any atom is -0.493 e. The van der Waals surface area contributed by atoms with Gasteiger partial charge in [-0.2, -0.15) is 0 Å². The minimum absolute atomic E-state index is 0.00742. The first-order chi connectivity index (χ1) is 20.1. The van der Waals surface area contributed by atoms with Crippen LogP contribution in [0.3, 0.4) is 0 Å². The van der Waals surface area contributed by atoms with Gasteiger partial charge in [-0.25, -0.2) is 4.39 Å². The highest BCUT2D eigenvalue weighted by molar-refractivity contribution is 6.22. The summed E-state index contributed by atoms with van der Waals surface area (Å²) in [6.45, 7) is 8.97. The molecule has 0 unspecified atom stereocenters. The Kier molecular flexibility index (Phi) is 10.6. The van der Waals surface area contributed by atoms with Gasteiger partial charge in [0.1, 0.15) is 23.4 Å². The number of methoxy groups -OCH3 is 2. The number of ether oxygens (including phenoxy) is 5. The van der Waals surface area contributed by atoms with Gasteiger partial charge >= 0.3 is 0 Å². The molecule has 1 fully saturated rings. The fourth-order valence-electron chi connectivity index (χ4n) is 5.70. The summed E-state index contributed by atoms with van der Waals surface area (Å²) in [6.07, 6.45) is 2.10. The Morgan fingerprint density at radius 3 is 2.50 bits per heavy atom. The summed E-state index contributed by atoms with van der Waals surface area (Å²) in [5.74, 6) is 1.54. The lowest BCUT2D eigenvalue weighted by molar-refractivity contribution is -0.201. The molecule has 0 radical (unpaired) electrons. The molecule has 1 N–H and O–H groups in total. The van der Waals surface area contributed by atoms with Gasteiger partial charge in [0.2, 0.25) is 0 Å². The summed E-state index contributed by atoms with van der Waals surface area (Å²) in [6, 6.07) is 9.10. The lowest BCUT2D eigenvalue weighted by Crippen LogP contribution is -2.44. The van der Waals surface area contributed by atoms with Crippen LogP contribution in [-0.2, 0) is 25.5 Å². The highest BCUT2D eigenvalue weighted by Gasteiger charge is 2.35. The van der Waals surface area contributed by atoms with Crippen LogP contribution in [0.5, 0.6) is 11.5 Å². The van der Waals surface area contributed by atoms with Crippen LogP contribution in [0.2, 0.25) is 0 Å². The summed E-state index contributed by atoms with van der Waals surface area (Å²) >= 11 is 0. The molecule has 5 rings (SSSR count). The maximum absolute atomic E-state index is 15.1. The molecule has 2 aromatic rings. The van der Waals surface area contributed by atoms with Crippen molar-refractivity contribution in [3.63, 3.8) is 0 Å². The van der Waals surface area contributed by atoms with Gasteiger partial charge in [0.25, 0.3) is 0 Å². The van der Waals surface area contributed by atoms with Crippen molar-refractivity contribution in [3.8, 4) is 11.5 Å². The van der Waals surface area contributed by atoms with Gasteiger partial charge in [-0.15, -0.1) is 0 Å². The molecule has 1 aliphatic carbocycles. The van der Waals surface area contributed by atoms with E-state index >= 15 is 4.39 Å². The lowest BCUT2D eigenvalue weighted by Gasteiger charge is -2.38. The number of nitrogens with one attached hydrogen (secondary N) is 1. The largest absolute Gasteiger partial charge is 0.493 e. The van der Waals surface area contributed by atoms with Gasteiger partial charge in [0, 0.05) is 74.9 Å². The van der Waals surface area contributed by atoms with Gasteiger partial charge in [0.05, 0.1) is 26.4 Å². The molecule has 0 amide bonds. The summed E-state index contributed by atoms with van der Waals surface area (Å²) in [5.41, 5.74) is 5.55. The Morgan fingerprint density at radius 1 is 1.12 bits per heavy atom. The molecule has 0 aromatic heterocycles. The zero-order valence-electron chi connectivity index (χ0n) is 26.0. The molecule has 2 atom stereocenters. The van der Waals surface area contributed by atoms with Crippen molar-refractivity contribution in [1.29, 1.82) is 5.41 Å². The molecular formula is C33H45FN2O6. The monoisotopic (exact) mass is 584 g/mol. The lowest BCUT2D eigenvalue weighted by atomic mass is 9.90. The Morgan fingerprint density at radius 2 is 1.86 bits per heavy atom. The predicted molar refractivity (Wildman–Crippen MR) is 161 cm³/mol. The third kappa shape index (κ3) is 7.14. The first-order valence-electron chi connectivity index (χ1n) is 14.5. The SMILES string of the molecule is COC.COCC[C@@H]1COc2cc(O[C@@H]3CCc4c(/C(C(C)=N)=C(\C)N(C)OCC5(C)COC5)cc(F)cc43)ccc21. The number of allylic oxidation sites excluding steroid dienone is 2. The molecule has 0 bridgehead atoms. The molecule has 8 nitrogen and oxygen atoms in total. The van der Waals surface area contributed by atoms with Crippen LogP contribution in [0.15, 0.2) is 36.0 Å². The van der Waals surface area contributed by atoms with Gasteiger partial charge < -0.3 is 29.1 Å². The number of halogens is 1. The van der Waals surface area contributed by atoms with Gasteiger partial charge in [-0.1, -0.05) is 13.0 Å². The van der Waals surface area contributed by atoms with Crippen LogP contribution in [0.25, 0.3) is 5.57 Å². The Bertz CT molecular complexity index is 1290. The second-order valence-electron chi connectivity index (χ2n) is 11.7. The van der Waals surface area contributed by atoms with Gasteiger partial charge in [0.15, 0.2) is 0 Å². The Balaban J connectivity index is 0.00000129.